The third-order valence-electron chi connectivity index (χ3n) is 4.89. The minimum absolute atomic E-state index is 0.306. The Balaban J connectivity index is 1.46. The summed E-state index contributed by atoms with van der Waals surface area (Å²) in [5.74, 6) is 2.89. The Hall–Kier alpha value is -1.89. The quantitative estimate of drug-likeness (QED) is 0.906. The normalized spacial score (nSPS) is 23.0. The number of hydrogen-bond donors (Lipinski definition) is 1. The number of halogens is 1. The van der Waals surface area contributed by atoms with Crippen LogP contribution >= 0.6 is 11.6 Å². The first kappa shape index (κ1) is 13.8. The molecule has 2 fully saturated rings. The molecule has 1 spiro atoms. The van der Waals surface area contributed by atoms with E-state index in [1.807, 2.05) is 6.92 Å². The van der Waals surface area contributed by atoms with Crippen LogP contribution in [0.5, 0.6) is 0 Å². The molecule has 2 aromatic rings. The van der Waals surface area contributed by atoms with Gasteiger partial charge in [0, 0.05) is 25.9 Å². The van der Waals surface area contributed by atoms with Gasteiger partial charge in [0.15, 0.2) is 5.82 Å². The molecule has 1 saturated carbocycles. The second-order valence-electron chi connectivity index (χ2n) is 6.16. The zero-order chi connectivity index (χ0) is 15.3. The van der Waals surface area contributed by atoms with Crippen LogP contribution in [0.1, 0.15) is 37.0 Å². The molecule has 116 valence electrons. The molecule has 4 rings (SSSR count). The van der Waals surface area contributed by atoms with Gasteiger partial charge in [-0.1, -0.05) is 11.6 Å². The number of piperidine rings is 1. The molecule has 2 aromatic heterocycles. The Kier molecular flexibility index (Phi) is 3.00. The fourth-order valence-electron chi connectivity index (χ4n) is 3.46. The van der Waals surface area contributed by atoms with E-state index >= 15 is 0 Å². The maximum atomic E-state index is 6.22. The Morgan fingerprint density at radius 3 is 2.77 bits per heavy atom. The molecule has 3 heterocycles. The van der Waals surface area contributed by atoms with E-state index in [1.165, 1.54) is 6.33 Å². The van der Waals surface area contributed by atoms with Crippen LogP contribution in [0.3, 0.4) is 0 Å². The van der Waals surface area contributed by atoms with E-state index in [4.69, 9.17) is 21.8 Å². The number of nitrogens with zero attached hydrogens (tertiary/aromatic N) is 5. The van der Waals surface area contributed by atoms with Crippen molar-refractivity contribution in [3.05, 3.63) is 23.1 Å². The van der Waals surface area contributed by atoms with E-state index < -0.39 is 0 Å². The third kappa shape index (κ3) is 2.11. The van der Waals surface area contributed by atoms with Crippen molar-refractivity contribution in [1.82, 2.24) is 20.2 Å². The second-order valence-corrected chi connectivity index (χ2v) is 6.54. The van der Waals surface area contributed by atoms with Gasteiger partial charge in [0.2, 0.25) is 11.8 Å². The Labute approximate surface area is 132 Å². The number of hydrogen-bond acceptors (Lipinski definition) is 7. The molecule has 2 N–H and O–H groups in total. The van der Waals surface area contributed by atoms with Crippen LogP contribution in [0, 0.1) is 12.3 Å². The zero-order valence-electron chi connectivity index (χ0n) is 12.3. The summed E-state index contributed by atoms with van der Waals surface area (Å²) in [5.41, 5.74) is 6.06. The van der Waals surface area contributed by atoms with E-state index in [1.54, 1.807) is 0 Å². The van der Waals surface area contributed by atoms with Crippen molar-refractivity contribution in [2.45, 2.75) is 32.1 Å². The topological polar surface area (TPSA) is 94.0 Å². The highest BCUT2D eigenvalue weighted by molar-refractivity contribution is 6.35. The molecule has 1 unspecified atom stereocenters. The van der Waals surface area contributed by atoms with Gasteiger partial charge in [0.25, 0.3) is 0 Å². The summed E-state index contributed by atoms with van der Waals surface area (Å²) in [6.45, 7) is 3.63. The molecular formula is C14H17ClN6O. The van der Waals surface area contributed by atoms with Crippen LogP contribution in [-0.4, -0.2) is 33.3 Å². The fourth-order valence-corrected chi connectivity index (χ4v) is 3.68. The molecular weight excluding hydrogens is 304 g/mol. The van der Waals surface area contributed by atoms with Gasteiger partial charge in [-0.15, -0.1) is 10.2 Å². The first-order chi connectivity index (χ1) is 10.6. The standard InChI is InChI=1S/C14H17ClN6O/c1-8-19-20-13(22-8)9-6-14(9)2-4-21(5-3-14)12-10(15)11(16)17-7-18-12/h7,9H,2-6H2,1H3,(H2,16,17,18). The summed E-state index contributed by atoms with van der Waals surface area (Å²) in [6, 6.07) is 0. The van der Waals surface area contributed by atoms with Gasteiger partial charge in [-0.2, -0.15) is 0 Å². The first-order valence-corrected chi connectivity index (χ1v) is 7.78. The van der Waals surface area contributed by atoms with E-state index in [2.05, 4.69) is 25.1 Å². The van der Waals surface area contributed by atoms with Crippen LogP contribution < -0.4 is 10.6 Å². The molecule has 7 nitrogen and oxygen atoms in total. The number of aryl methyl sites for hydroxylation is 1. The number of anilines is 2. The van der Waals surface area contributed by atoms with Crippen LogP contribution in [0.15, 0.2) is 10.7 Å². The largest absolute Gasteiger partial charge is 0.425 e. The molecule has 1 atom stereocenters. The lowest BCUT2D eigenvalue weighted by atomic mass is 9.91. The zero-order valence-corrected chi connectivity index (χ0v) is 13.0. The van der Waals surface area contributed by atoms with Gasteiger partial charge in [0.1, 0.15) is 17.2 Å². The summed E-state index contributed by atoms with van der Waals surface area (Å²) in [7, 11) is 0. The molecule has 8 heteroatoms. The molecule has 0 aromatic carbocycles. The summed E-state index contributed by atoms with van der Waals surface area (Å²) in [5, 5.41) is 8.55. The van der Waals surface area contributed by atoms with Crippen LogP contribution in [-0.2, 0) is 0 Å². The van der Waals surface area contributed by atoms with Gasteiger partial charge in [0.05, 0.1) is 0 Å². The molecule has 2 aliphatic rings. The third-order valence-corrected chi connectivity index (χ3v) is 5.25. The number of aromatic nitrogens is 4. The predicted molar refractivity (Wildman–Crippen MR) is 81.7 cm³/mol. The number of nitrogen functional groups attached to an aromatic ring is 1. The Morgan fingerprint density at radius 1 is 1.32 bits per heavy atom. The Morgan fingerprint density at radius 2 is 2.09 bits per heavy atom. The Bertz CT molecular complexity index is 709. The van der Waals surface area contributed by atoms with Crippen molar-refractivity contribution in [2.75, 3.05) is 23.7 Å². The van der Waals surface area contributed by atoms with Gasteiger partial charge < -0.3 is 15.1 Å². The maximum absolute atomic E-state index is 6.22. The van der Waals surface area contributed by atoms with Crippen molar-refractivity contribution in [3.63, 3.8) is 0 Å². The van der Waals surface area contributed by atoms with Gasteiger partial charge in [-0.3, -0.25) is 0 Å². The molecule has 1 saturated heterocycles. The highest BCUT2D eigenvalue weighted by atomic mass is 35.5. The van der Waals surface area contributed by atoms with Gasteiger partial charge in [-0.25, -0.2) is 9.97 Å². The average molecular weight is 321 g/mol. The summed E-state index contributed by atoms with van der Waals surface area (Å²) < 4.78 is 5.59. The molecule has 22 heavy (non-hydrogen) atoms. The fraction of sp³-hybridized carbons (Fsp3) is 0.571. The van der Waals surface area contributed by atoms with Gasteiger partial charge in [-0.05, 0) is 24.7 Å². The molecule has 0 bridgehead atoms. The van der Waals surface area contributed by atoms with Crippen LogP contribution in [0.2, 0.25) is 5.02 Å². The average Bonchev–Trinajstić information content (AvgIpc) is 3.03. The second kappa shape index (κ2) is 4.81. The van der Waals surface area contributed by atoms with Crippen molar-refractivity contribution >= 4 is 23.2 Å². The van der Waals surface area contributed by atoms with E-state index in [0.29, 0.717) is 28.1 Å². The lowest BCUT2D eigenvalue weighted by molar-refractivity contribution is 0.348. The van der Waals surface area contributed by atoms with Crippen molar-refractivity contribution in [3.8, 4) is 0 Å². The molecule has 1 aliphatic carbocycles. The van der Waals surface area contributed by atoms with Crippen LogP contribution in [0.25, 0.3) is 0 Å². The van der Waals surface area contributed by atoms with Crippen molar-refractivity contribution in [1.29, 1.82) is 0 Å². The summed E-state index contributed by atoms with van der Waals surface area (Å²) in [6.07, 6.45) is 4.73. The monoisotopic (exact) mass is 320 g/mol. The van der Waals surface area contributed by atoms with Crippen molar-refractivity contribution in [2.24, 2.45) is 5.41 Å². The van der Waals surface area contributed by atoms with Crippen molar-refractivity contribution < 1.29 is 4.42 Å². The maximum Gasteiger partial charge on any atom is 0.220 e. The smallest absolute Gasteiger partial charge is 0.220 e. The predicted octanol–water partition coefficient (Wildman–Crippen LogP) is 2.18. The lowest BCUT2D eigenvalue weighted by Crippen LogP contribution is -2.36. The minimum atomic E-state index is 0.306. The van der Waals surface area contributed by atoms with Crippen LogP contribution in [0.4, 0.5) is 11.6 Å². The SMILES string of the molecule is Cc1nnc(C2CC23CCN(c2ncnc(N)c2Cl)CC3)o1. The molecule has 1 aliphatic heterocycles. The van der Waals surface area contributed by atoms with Gasteiger partial charge >= 0.3 is 0 Å². The molecule has 0 amide bonds. The highest BCUT2D eigenvalue weighted by Crippen LogP contribution is 2.64. The highest BCUT2D eigenvalue weighted by Gasteiger charge is 2.58. The minimum Gasteiger partial charge on any atom is -0.425 e. The lowest BCUT2D eigenvalue weighted by Gasteiger charge is -2.33. The van der Waals surface area contributed by atoms with E-state index in [9.17, 15) is 0 Å². The van der Waals surface area contributed by atoms with E-state index in [0.717, 1.165) is 44.1 Å². The summed E-state index contributed by atoms with van der Waals surface area (Å²) >= 11 is 6.22. The van der Waals surface area contributed by atoms with E-state index in [-0.39, 0.29) is 0 Å². The number of nitrogens with two attached hydrogens (primary N) is 1. The molecule has 0 radical (unpaired) electrons. The summed E-state index contributed by atoms with van der Waals surface area (Å²) in [4.78, 5) is 10.4. The first-order valence-electron chi connectivity index (χ1n) is 7.40. The number of rotatable bonds is 2.